The molecule has 0 aromatic carbocycles. The van der Waals surface area contributed by atoms with E-state index >= 15 is 0 Å². The third-order valence-electron chi connectivity index (χ3n) is 1.12. The first-order chi connectivity index (χ1) is 7.18. The van der Waals surface area contributed by atoms with Crippen LogP contribution in [0.15, 0.2) is 10.4 Å². The Balaban J connectivity index is 0. The normalized spacial score (nSPS) is 10.7. The molecule has 0 aliphatic heterocycles. The first kappa shape index (κ1) is 17.6. The summed E-state index contributed by atoms with van der Waals surface area (Å²) in [5, 5.41) is 32.5. The Morgan fingerprint density at radius 3 is 1.44 bits per heavy atom. The molecule has 0 aliphatic rings. The van der Waals surface area contributed by atoms with Gasteiger partial charge < -0.3 is 20.4 Å². The topological polar surface area (TPSA) is 115 Å². The Morgan fingerprint density at radius 1 is 1.06 bits per heavy atom. The predicted octanol–water partition coefficient (Wildman–Crippen LogP) is 2.39. The van der Waals surface area contributed by atoms with E-state index in [-0.39, 0.29) is 17.7 Å². The van der Waals surface area contributed by atoms with Gasteiger partial charge in [-0.1, -0.05) is 15.9 Å². The zero-order valence-electron chi connectivity index (χ0n) is 8.35. The van der Waals surface area contributed by atoms with Crippen LogP contribution in [0.2, 0.25) is 0 Å². The first-order valence-corrected chi connectivity index (χ1v) is 5.74. The number of hydrogen-bond donors (Lipinski definition) is 4. The predicted molar refractivity (Wildman–Crippen MR) is 64.1 cm³/mol. The summed E-state index contributed by atoms with van der Waals surface area (Å²) in [6.07, 6.45) is -0.593. The smallest absolute Gasteiger partial charge is 0.303 e. The molecule has 0 saturated heterocycles. The highest BCUT2D eigenvalue weighted by atomic mass is 79.9. The van der Waals surface area contributed by atoms with Gasteiger partial charge in [-0.25, -0.2) is 0 Å². The van der Waals surface area contributed by atoms with Crippen molar-refractivity contribution >= 4 is 43.8 Å². The third-order valence-corrected chi connectivity index (χ3v) is 3.23. The highest BCUT2D eigenvalue weighted by Gasteiger charge is 2.05. The SMILES string of the molecule is CC(Br)C(Br)=C(O)O.O=C(O)CCC(=O)O. The Morgan fingerprint density at radius 2 is 1.38 bits per heavy atom. The second kappa shape index (κ2) is 9.46. The Labute approximate surface area is 109 Å². The fourth-order valence-corrected chi connectivity index (χ4v) is 0.597. The van der Waals surface area contributed by atoms with E-state index < -0.39 is 17.9 Å². The molecular weight excluding hydrogens is 352 g/mol. The fourth-order valence-electron chi connectivity index (χ4n) is 0.392. The second-order valence-electron chi connectivity index (χ2n) is 2.58. The van der Waals surface area contributed by atoms with Crippen LogP contribution in [0.3, 0.4) is 0 Å². The summed E-state index contributed by atoms with van der Waals surface area (Å²) in [7, 11) is 0. The van der Waals surface area contributed by atoms with Gasteiger partial charge in [0.15, 0.2) is 0 Å². The van der Waals surface area contributed by atoms with Crippen LogP contribution >= 0.6 is 31.9 Å². The lowest BCUT2D eigenvalue weighted by atomic mass is 10.3. The lowest BCUT2D eigenvalue weighted by Gasteiger charge is -1.98. The molecule has 1 unspecified atom stereocenters. The number of carbonyl (C=O) groups is 2. The highest BCUT2D eigenvalue weighted by Crippen LogP contribution is 2.19. The number of carboxylic acids is 2. The Kier molecular flexibility index (Phi) is 10.4. The molecule has 0 bridgehead atoms. The second-order valence-corrected chi connectivity index (χ2v) is 4.80. The lowest BCUT2D eigenvalue weighted by Crippen LogP contribution is -2.00. The van der Waals surface area contributed by atoms with E-state index in [0.717, 1.165) is 0 Å². The molecule has 0 aliphatic carbocycles. The van der Waals surface area contributed by atoms with Gasteiger partial charge in [-0.15, -0.1) is 0 Å². The van der Waals surface area contributed by atoms with Crippen molar-refractivity contribution in [1.29, 1.82) is 0 Å². The molecule has 0 rings (SSSR count). The fraction of sp³-hybridized carbons (Fsp3) is 0.500. The quantitative estimate of drug-likeness (QED) is 0.450. The molecule has 0 radical (unpaired) electrons. The summed E-state index contributed by atoms with van der Waals surface area (Å²) in [5.74, 6) is -2.82. The first-order valence-electron chi connectivity index (χ1n) is 4.03. The number of alkyl halides is 1. The monoisotopic (exact) mass is 362 g/mol. The molecule has 0 amide bonds. The molecular formula is C8H12Br2O6. The van der Waals surface area contributed by atoms with Gasteiger partial charge in [-0.05, 0) is 22.9 Å². The zero-order valence-corrected chi connectivity index (χ0v) is 11.5. The van der Waals surface area contributed by atoms with Gasteiger partial charge >= 0.3 is 11.9 Å². The number of hydrogen-bond acceptors (Lipinski definition) is 4. The molecule has 0 saturated carbocycles. The number of carboxylic acid groups (broad SMARTS) is 2. The molecule has 16 heavy (non-hydrogen) atoms. The van der Waals surface area contributed by atoms with Gasteiger partial charge in [-0.2, -0.15) is 0 Å². The summed E-state index contributed by atoms with van der Waals surface area (Å²) >= 11 is 6.05. The van der Waals surface area contributed by atoms with Crippen molar-refractivity contribution in [2.24, 2.45) is 0 Å². The van der Waals surface area contributed by atoms with Crippen molar-refractivity contribution < 1.29 is 30.0 Å². The summed E-state index contributed by atoms with van der Waals surface area (Å²) in [5.41, 5.74) is 0. The Bertz CT molecular complexity index is 256. The number of aliphatic hydroxyl groups is 2. The number of aliphatic hydroxyl groups excluding tert-OH is 1. The zero-order chi connectivity index (χ0) is 13.3. The lowest BCUT2D eigenvalue weighted by molar-refractivity contribution is -0.143. The van der Waals surface area contributed by atoms with Crippen LogP contribution < -0.4 is 0 Å². The van der Waals surface area contributed by atoms with Crippen molar-refractivity contribution in [3.05, 3.63) is 10.4 Å². The standard InChI is InChI=1S/C4H6Br2O2.C4H6O4/c1-2(5)3(6)4(7)8;5-3(6)1-2-4(7)8/h2,7-8H,1H3;1-2H2,(H,5,6)(H,7,8). The summed E-state index contributed by atoms with van der Waals surface area (Å²) in [4.78, 5) is 19.2. The van der Waals surface area contributed by atoms with Crippen molar-refractivity contribution in [2.45, 2.75) is 24.6 Å². The molecule has 1 atom stereocenters. The number of aliphatic carboxylic acids is 2. The van der Waals surface area contributed by atoms with Gasteiger partial charge in [0.05, 0.1) is 22.2 Å². The van der Waals surface area contributed by atoms with Gasteiger partial charge in [0, 0.05) is 0 Å². The van der Waals surface area contributed by atoms with E-state index in [0.29, 0.717) is 4.48 Å². The summed E-state index contributed by atoms with van der Waals surface area (Å²) < 4.78 is 0.359. The maximum absolute atomic E-state index is 9.64. The van der Waals surface area contributed by atoms with Crippen LogP contribution in [0.5, 0.6) is 0 Å². The van der Waals surface area contributed by atoms with E-state index in [9.17, 15) is 9.59 Å². The third kappa shape index (κ3) is 13.2. The number of halogens is 2. The van der Waals surface area contributed by atoms with Crippen molar-refractivity contribution in [3.8, 4) is 0 Å². The minimum absolute atomic E-state index is 0.0486. The van der Waals surface area contributed by atoms with Gasteiger partial charge in [-0.3, -0.25) is 9.59 Å². The van der Waals surface area contributed by atoms with Crippen LogP contribution in [-0.4, -0.2) is 37.2 Å². The summed E-state index contributed by atoms with van der Waals surface area (Å²) in [6, 6.07) is 0. The number of allylic oxidation sites excluding steroid dienone is 1. The van der Waals surface area contributed by atoms with E-state index in [2.05, 4.69) is 31.9 Å². The van der Waals surface area contributed by atoms with Crippen molar-refractivity contribution in [3.63, 3.8) is 0 Å². The van der Waals surface area contributed by atoms with E-state index in [1.165, 1.54) is 0 Å². The van der Waals surface area contributed by atoms with Crippen LogP contribution in [-0.2, 0) is 9.59 Å². The molecule has 6 nitrogen and oxygen atoms in total. The maximum Gasteiger partial charge on any atom is 0.303 e. The molecule has 0 aromatic heterocycles. The van der Waals surface area contributed by atoms with Gasteiger partial charge in [0.25, 0.3) is 5.95 Å². The maximum atomic E-state index is 9.64. The van der Waals surface area contributed by atoms with Crippen LogP contribution in [0.25, 0.3) is 0 Å². The molecule has 94 valence electrons. The van der Waals surface area contributed by atoms with Gasteiger partial charge in [0.1, 0.15) is 0 Å². The Hall–Kier alpha value is -0.760. The van der Waals surface area contributed by atoms with E-state index in [1.54, 1.807) is 6.92 Å². The number of rotatable bonds is 4. The molecule has 8 heteroatoms. The van der Waals surface area contributed by atoms with Crippen LogP contribution in [0.4, 0.5) is 0 Å². The van der Waals surface area contributed by atoms with Crippen LogP contribution in [0, 0.1) is 0 Å². The largest absolute Gasteiger partial charge is 0.481 e. The molecule has 0 heterocycles. The van der Waals surface area contributed by atoms with Gasteiger partial charge in [0.2, 0.25) is 0 Å². The van der Waals surface area contributed by atoms with Crippen molar-refractivity contribution in [1.82, 2.24) is 0 Å². The van der Waals surface area contributed by atoms with E-state index in [1.807, 2.05) is 0 Å². The average molecular weight is 364 g/mol. The minimum atomic E-state index is -1.08. The average Bonchev–Trinajstić information content (AvgIpc) is 2.14. The van der Waals surface area contributed by atoms with Crippen LogP contribution in [0.1, 0.15) is 19.8 Å². The minimum Gasteiger partial charge on any atom is -0.481 e. The highest BCUT2D eigenvalue weighted by molar-refractivity contribution is 9.14. The van der Waals surface area contributed by atoms with Crippen molar-refractivity contribution in [2.75, 3.05) is 0 Å². The molecule has 0 fully saturated rings. The molecule has 0 aromatic rings. The van der Waals surface area contributed by atoms with E-state index in [4.69, 9.17) is 20.4 Å². The molecule has 0 spiro atoms. The molecule has 4 N–H and O–H groups in total. The summed E-state index contributed by atoms with van der Waals surface area (Å²) in [6.45, 7) is 1.77.